The molecule has 1 aliphatic carbocycles. The number of nitrogens with zero attached hydrogens (tertiary/aromatic N) is 2. The number of aromatic nitrogens is 2. The lowest BCUT2D eigenvalue weighted by Gasteiger charge is -2.27. The second-order valence-electron chi connectivity index (χ2n) is 4.28. The molecule has 1 aliphatic heterocycles. The lowest BCUT2D eigenvalue weighted by Crippen LogP contribution is -2.31. The summed E-state index contributed by atoms with van der Waals surface area (Å²) in [6.07, 6.45) is 8.68. The van der Waals surface area contributed by atoms with Crippen LogP contribution in [0, 0.1) is 0 Å². The van der Waals surface area contributed by atoms with Crippen LogP contribution in [0.3, 0.4) is 0 Å². The second-order valence-corrected chi connectivity index (χ2v) is 4.28. The van der Waals surface area contributed by atoms with E-state index in [1.54, 1.807) is 0 Å². The number of aryl methyl sites for hydroxylation is 1. The molecule has 1 fully saturated rings. The smallest absolute Gasteiger partial charge is 0.0952 e. The molecule has 2 aliphatic rings. The number of hydrogen-bond donors (Lipinski definition) is 0. The molecule has 3 nitrogen and oxygen atoms in total. The lowest BCUT2D eigenvalue weighted by molar-refractivity contribution is -0.0595. The first-order valence-corrected chi connectivity index (χ1v) is 5.58. The van der Waals surface area contributed by atoms with Gasteiger partial charge in [-0.15, -0.1) is 0 Å². The number of fused-ring (bicyclic) bond motifs is 1. The van der Waals surface area contributed by atoms with Crippen LogP contribution in [0.2, 0.25) is 0 Å². The van der Waals surface area contributed by atoms with Crippen LogP contribution in [0.15, 0.2) is 6.33 Å². The van der Waals surface area contributed by atoms with Crippen molar-refractivity contribution in [2.24, 2.45) is 0 Å². The van der Waals surface area contributed by atoms with Crippen molar-refractivity contribution in [1.82, 2.24) is 9.55 Å². The minimum absolute atomic E-state index is 0.454. The van der Waals surface area contributed by atoms with Gasteiger partial charge >= 0.3 is 0 Å². The van der Waals surface area contributed by atoms with Crippen LogP contribution >= 0.6 is 0 Å². The highest BCUT2D eigenvalue weighted by Gasteiger charge is 2.21. The molecule has 3 rings (SSSR count). The third-order valence-corrected chi connectivity index (χ3v) is 3.30. The van der Waals surface area contributed by atoms with Crippen LogP contribution in [-0.2, 0) is 24.1 Å². The summed E-state index contributed by atoms with van der Waals surface area (Å²) in [7, 11) is 0. The summed E-state index contributed by atoms with van der Waals surface area (Å²) in [5.74, 6) is 0. The molecule has 0 bridgehead atoms. The van der Waals surface area contributed by atoms with Gasteiger partial charge in [0.05, 0.1) is 24.7 Å². The summed E-state index contributed by atoms with van der Waals surface area (Å²) in [4.78, 5) is 4.48. The van der Waals surface area contributed by atoms with E-state index in [4.69, 9.17) is 4.74 Å². The normalized spacial score (nSPS) is 25.6. The van der Waals surface area contributed by atoms with Gasteiger partial charge in [-0.05, 0) is 32.1 Å². The van der Waals surface area contributed by atoms with E-state index >= 15 is 0 Å². The molecule has 1 atom stereocenters. The fourth-order valence-corrected chi connectivity index (χ4v) is 2.34. The monoisotopic (exact) mass is 192 g/mol. The van der Waals surface area contributed by atoms with Crippen molar-refractivity contribution in [1.29, 1.82) is 0 Å². The minimum atomic E-state index is 0.454. The van der Waals surface area contributed by atoms with E-state index in [2.05, 4.69) is 9.55 Å². The molecule has 0 amide bonds. The highest BCUT2D eigenvalue weighted by molar-refractivity contribution is 5.16. The maximum absolute atomic E-state index is 5.45. The molecule has 0 saturated carbocycles. The van der Waals surface area contributed by atoms with Crippen molar-refractivity contribution >= 4 is 0 Å². The second kappa shape index (κ2) is 3.39. The average molecular weight is 192 g/mol. The van der Waals surface area contributed by atoms with Gasteiger partial charge in [0, 0.05) is 12.3 Å². The van der Waals surface area contributed by atoms with Crippen LogP contribution in [0.4, 0.5) is 0 Å². The van der Waals surface area contributed by atoms with Gasteiger partial charge in [-0.3, -0.25) is 0 Å². The van der Waals surface area contributed by atoms with Gasteiger partial charge in [-0.25, -0.2) is 4.98 Å². The van der Waals surface area contributed by atoms with E-state index in [-0.39, 0.29) is 0 Å². The molecule has 76 valence electrons. The Hall–Kier alpha value is -0.830. The van der Waals surface area contributed by atoms with E-state index in [0.29, 0.717) is 6.10 Å². The van der Waals surface area contributed by atoms with Crippen LogP contribution in [0.25, 0.3) is 0 Å². The Balaban J connectivity index is 1.79. The summed E-state index contributed by atoms with van der Waals surface area (Å²) < 4.78 is 7.75. The number of imidazole rings is 1. The Bertz CT molecular complexity index is 328. The van der Waals surface area contributed by atoms with Crippen molar-refractivity contribution in [3.8, 4) is 0 Å². The quantitative estimate of drug-likeness (QED) is 0.711. The molecular weight excluding hydrogens is 176 g/mol. The van der Waals surface area contributed by atoms with Gasteiger partial charge < -0.3 is 9.30 Å². The summed E-state index contributed by atoms with van der Waals surface area (Å²) in [5, 5.41) is 0. The van der Waals surface area contributed by atoms with Gasteiger partial charge in [0.1, 0.15) is 0 Å². The van der Waals surface area contributed by atoms with E-state index in [1.807, 2.05) is 6.33 Å². The summed E-state index contributed by atoms with van der Waals surface area (Å²) >= 11 is 0. The van der Waals surface area contributed by atoms with Gasteiger partial charge in [-0.1, -0.05) is 0 Å². The first-order chi connectivity index (χ1) is 6.93. The van der Waals surface area contributed by atoms with Crippen molar-refractivity contribution in [3.63, 3.8) is 0 Å². The average Bonchev–Trinajstić information content (AvgIpc) is 2.55. The first-order valence-electron chi connectivity index (χ1n) is 5.58. The van der Waals surface area contributed by atoms with Gasteiger partial charge in [0.25, 0.3) is 0 Å². The molecule has 3 heteroatoms. The summed E-state index contributed by atoms with van der Waals surface area (Å²) in [6.45, 7) is 1.96. The van der Waals surface area contributed by atoms with Crippen molar-refractivity contribution in [2.45, 2.75) is 44.8 Å². The fourth-order valence-electron chi connectivity index (χ4n) is 2.34. The molecule has 0 N–H and O–H groups in total. The van der Waals surface area contributed by atoms with Gasteiger partial charge in [0.2, 0.25) is 0 Å². The van der Waals surface area contributed by atoms with E-state index in [9.17, 15) is 0 Å². The third-order valence-electron chi connectivity index (χ3n) is 3.30. The Morgan fingerprint density at radius 1 is 1.43 bits per heavy atom. The zero-order chi connectivity index (χ0) is 9.38. The van der Waals surface area contributed by atoms with Crippen LogP contribution in [0.1, 0.15) is 30.7 Å². The van der Waals surface area contributed by atoms with Gasteiger partial charge in [0.15, 0.2) is 0 Å². The molecule has 14 heavy (non-hydrogen) atoms. The highest BCUT2D eigenvalue weighted by atomic mass is 16.5. The molecule has 0 radical (unpaired) electrons. The van der Waals surface area contributed by atoms with Crippen LogP contribution < -0.4 is 0 Å². The lowest BCUT2D eigenvalue weighted by atomic mass is 10.0. The largest absolute Gasteiger partial charge is 0.376 e. The maximum Gasteiger partial charge on any atom is 0.0952 e. The molecule has 1 aromatic heterocycles. The van der Waals surface area contributed by atoms with Crippen LogP contribution in [0.5, 0.6) is 0 Å². The minimum Gasteiger partial charge on any atom is -0.376 e. The Kier molecular flexibility index (Phi) is 2.05. The molecule has 0 spiro atoms. The van der Waals surface area contributed by atoms with Crippen molar-refractivity contribution in [2.75, 3.05) is 6.61 Å². The van der Waals surface area contributed by atoms with E-state index in [1.165, 1.54) is 43.5 Å². The highest BCUT2D eigenvalue weighted by Crippen LogP contribution is 2.22. The molecule has 1 aromatic rings. The predicted octanol–water partition coefficient (Wildman–Crippen LogP) is 1.55. The topological polar surface area (TPSA) is 27.1 Å². The van der Waals surface area contributed by atoms with E-state index < -0.39 is 0 Å². The fraction of sp³-hybridized carbons (Fsp3) is 0.727. The standard InChI is InChI=1S/C11H16N2O/c1-2-4-11-10(3-1)12-8-13(11)7-9-5-6-14-9/h8-9H,1-7H2/t9-/m0/s1. The van der Waals surface area contributed by atoms with Gasteiger partial charge in [-0.2, -0.15) is 0 Å². The Morgan fingerprint density at radius 3 is 3.07 bits per heavy atom. The number of rotatable bonds is 2. The number of hydrogen-bond acceptors (Lipinski definition) is 2. The van der Waals surface area contributed by atoms with Crippen LogP contribution in [-0.4, -0.2) is 22.3 Å². The Labute approximate surface area is 84.1 Å². The summed E-state index contributed by atoms with van der Waals surface area (Å²) in [6, 6.07) is 0. The zero-order valence-electron chi connectivity index (χ0n) is 8.41. The Morgan fingerprint density at radius 2 is 2.29 bits per heavy atom. The summed E-state index contributed by atoms with van der Waals surface area (Å²) in [5.41, 5.74) is 2.79. The zero-order valence-corrected chi connectivity index (χ0v) is 8.41. The van der Waals surface area contributed by atoms with Crippen molar-refractivity contribution in [3.05, 3.63) is 17.7 Å². The first kappa shape index (κ1) is 8.48. The maximum atomic E-state index is 5.45. The number of ether oxygens (including phenoxy) is 1. The van der Waals surface area contributed by atoms with E-state index in [0.717, 1.165) is 13.2 Å². The molecular formula is C11H16N2O. The van der Waals surface area contributed by atoms with Crippen molar-refractivity contribution < 1.29 is 4.74 Å². The third kappa shape index (κ3) is 1.36. The SMILES string of the molecule is c1nc2c(n1C[C@@H]1CCO1)CCCC2. The molecule has 0 aromatic carbocycles. The molecule has 2 heterocycles. The molecule has 1 saturated heterocycles. The predicted molar refractivity (Wildman–Crippen MR) is 53.2 cm³/mol. The molecule has 0 unspecified atom stereocenters.